The van der Waals surface area contributed by atoms with Gasteiger partial charge in [-0.1, -0.05) is 18.2 Å². The molecule has 0 aliphatic carbocycles. The van der Waals surface area contributed by atoms with E-state index in [9.17, 15) is 0 Å². The number of aromatic amines is 1. The Kier molecular flexibility index (Phi) is 2.37. The molecular formula is C13H17N2+. The minimum atomic E-state index is 0.833. The lowest BCUT2D eigenvalue weighted by Gasteiger charge is -2.17. The zero-order valence-corrected chi connectivity index (χ0v) is 9.49. The normalized spacial score (nSPS) is 12.7. The summed E-state index contributed by atoms with van der Waals surface area (Å²) in [5.74, 6) is 0. The molecule has 0 amide bonds. The Bertz CT molecular complexity index is 486. The van der Waals surface area contributed by atoms with Crippen LogP contribution in [0.2, 0.25) is 0 Å². The summed E-state index contributed by atoms with van der Waals surface area (Å²) in [6.45, 7) is 0. The first-order valence-corrected chi connectivity index (χ1v) is 5.13. The number of para-hydroxylation sites is 1. The second kappa shape index (κ2) is 3.55. The van der Waals surface area contributed by atoms with Crippen molar-refractivity contribution in [2.24, 2.45) is 0 Å². The largest absolute Gasteiger partial charge is 0.361 e. The molecule has 15 heavy (non-hydrogen) atoms. The molecule has 0 atom stereocenters. The van der Waals surface area contributed by atoms with Crippen molar-refractivity contribution in [2.75, 3.05) is 21.1 Å². The Balaban J connectivity index is 2.41. The van der Waals surface area contributed by atoms with Crippen molar-refractivity contribution in [2.45, 2.75) is 0 Å². The predicted molar refractivity (Wildman–Crippen MR) is 65.4 cm³/mol. The second-order valence-electron chi connectivity index (χ2n) is 4.72. The summed E-state index contributed by atoms with van der Waals surface area (Å²) in [5.41, 5.74) is 2.44. The fourth-order valence-corrected chi connectivity index (χ4v) is 1.54. The molecule has 0 saturated heterocycles. The van der Waals surface area contributed by atoms with Gasteiger partial charge in [0.1, 0.15) is 0 Å². The lowest BCUT2D eigenvalue weighted by atomic mass is 10.2. The lowest BCUT2D eigenvalue weighted by molar-refractivity contribution is -0.816. The van der Waals surface area contributed by atoms with Crippen LogP contribution in [-0.4, -0.2) is 30.6 Å². The van der Waals surface area contributed by atoms with Gasteiger partial charge >= 0.3 is 0 Å². The SMILES string of the molecule is C[N+](C)(C)/C=C/c1c[nH]c2ccccc12. The molecule has 0 aliphatic rings. The van der Waals surface area contributed by atoms with Crippen molar-refractivity contribution >= 4 is 17.0 Å². The van der Waals surface area contributed by atoms with E-state index in [0.717, 1.165) is 4.48 Å². The Morgan fingerprint density at radius 1 is 1.13 bits per heavy atom. The number of hydrogen-bond donors (Lipinski definition) is 1. The summed E-state index contributed by atoms with van der Waals surface area (Å²) in [4.78, 5) is 3.27. The van der Waals surface area contributed by atoms with E-state index in [1.807, 2.05) is 6.07 Å². The minimum absolute atomic E-state index is 0.833. The molecule has 1 aromatic carbocycles. The van der Waals surface area contributed by atoms with Crippen LogP contribution in [0.5, 0.6) is 0 Å². The van der Waals surface area contributed by atoms with Crippen LogP contribution >= 0.6 is 0 Å². The van der Waals surface area contributed by atoms with Crippen LogP contribution in [0.4, 0.5) is 0 Å². The van der Waals surface area contributed by atoms with Crippen LogP contribution in [0.25, 0.3) is 17.0 Å². The number of nitrogens with zero attached hydrogens (tertiary/aromatic N) is 1. The van der Waals surface area contributed by atoms with Crippen molar-refractivity contribution < 1.29 is 4.48 Å². The van der Waals surface area contributed by atoms with Gasteiger partial charge in [0.25, 0.3) is 0 Å². The van der Waals surface area contributed by atoms with Gasteiger partial charge < -0.3 is 9.47 Å². The molecule has 2 heteroatoms. The maximum atomic E-state index is 3.27. The van der Waals surface area contributed by atoms with Crippen LogP contribution in [0.15, 0.2) is 36.7 Å². The average Bonchev–Trinajstić information content (AvgIpc) is 2.57. The fourth-order valence-electron chi connectivity index (χ4n) is 1.54. The van der Waals surface area contributed by atoms with Crippen molar-refractivity contribution in [3.8, 4) is 0 Å². The molecule has 0 aliphatic heterocycles. The third-order valence-corrected chi connectivity index (χ3v) is 2.32. The second-order valence-corrected chi connectivity index (χ2v) is 4.72. The van der Waals surface area contributed by atoms with Crippen LogP contribution in [0.1, 0.15) is 5.56 Å². The molecule has 0 bridgehead atoms. The molecular weight excluding hydrogens is 184 g/mol. The van der Waals surface area contributed by atoms with E-state index in [-0.39, 0.29) is 0 Å². The molecule has 0 spiro atoms. The zero-order valence-electron chi connectivity index (χ0n) is 9.49. The summed E-state index contributed by atoms with van der Waals surface area (Å²) in [6, 6.07) is 8.35. The molecule has 1 aromatic heterocycles. The van der Waals surface area contributed by atoms with Gasteiger partial charge in [0.15, 0.2) is 0 Å². The minimum Gasteiger partial charge on any atom is -0.361 e. The summed E-state index contributed by atoms with van der Waals surface area (Å²) < 4.78 is 0.833. The first kappa shape index (κ1) is 9.99. The third kappa shape index (κ3) is 2.28. The van der Waals surface area contributed by atoms with E-state index in [1.54, 1.807) is 0 Å². The quantitative estimate of drug-likeness (QED) is 0.719. The van der Waals surface area contributed by atoms with Crippen molar-refractivity contribution in [1.29, 1.82) is 0 Å². The Hall–Kier alpha value is -1.54. The van der Waals surface area contributed by atoms with Crippen LogP contribution < -0.4 is 0 Å². The number of nitrogens with one attached hydrogen (secondary N) is 1. The predicted octanol–water partition coefficient (Wildman–Crippen LogP) is 2.84. The number of rotatable bonds is 2. The number of H-pyrrole nitrogens is 1. The number of quaternary nitrogens is 1. The molecule has 1 N–H and O–H groups in total. The van der Waals surface area contributed by atoms with Crippen molar-refractivity contribution in [1.82, 2.24) is 4.98 Å². The third-order valence-electron chi connectivity index (χ3n) is 2.32. The van der Waals surface area contributed by atoms with Gasteiger partial charge in [0, 0.05) is 28.7 Å². The van der Waals surface area contributed by atoms with E-state index in [0.29, 0.717) is 0 Å². The van der Waals surface area contributed by atoms with E-state index < -0.39 is 0 Å². The topological polar surface area (TPSA) is 15.8 Å². The van der Waals surface area contributed by atoms with Gasteiger partial charge in [0.05, 0.1) is 27.3 Å². The zero-order chi connectivity index (χ0) is 10.9. The van der Waals surface area contributed by atoms with Crippen LogP contribution in [0.3, 0.4) is 0 Å². The first-order valence-electron chi connectivity index (χ1n) is 5.13. The molecule has 0 saturated carbocycles. The number of fused-ring (bicyclic) bond motifs is 1. The van der Waals surface area contributed by atoms with Gasteiger partial charge in [-0.05, 0) is 6.07 Å². The average molecular weight is 201 g/mol. The molecule has 2 aromatic rings. The molecule has 1 heterocycles. The Morgan fingerprint density at radius 2 is 1.87 bits per heavy atom. The van der Waals surface area contributed by atoms with Gasteiger partial charge in [-0.15, -0.1) is 0 Å². The Labute approximate surface area is 90.4 Å². The van der Waals surface area contributed by atoms with Gasteiger partial charge in [-0.2, -0.15) is 0 Å². The maximum absolute atomic E-state index is 3.27. The van der Waals surface area contributed by atoms with Crippen molar-refractivity contribution in [3.05, 3.63) is 42.2 Å². The lowest BCUT2D eigenvalue weighted by Crippen LogP contribution is -2.26. The van der Waals surface area contributed by atoms with Crippen LogP contribution in [-0.2, 0) is 0 Å². The van der Waals surface area contributed by atoms with E-state index in [2.05, 4.69) is 62.8 Å². The molecule has 2 nitrogen and oxygen atoms in total. The molecule has 0 radical (unpaired) electrons. The fraction of sp³-hybridized carbons (Fsp3) is 0.231. The molecule has 0 fully saturated rings. The summed E-state index contributed by atoms with van der Waals surface area (Å²) >= 11 is 0. The van der Waals surface area contributed by atoms with Crippen LogP contribution in [0, 0.1) is 0 Å². The molecule has 2 rings (SSSR count). The number of aromatic nitrogens is 1. The van der Waals surface area contributed by atoms with E-state index >= 15 is 0 Å². The standard InChI is InChI=1S/C13H17N2/c1-15(2,3)9-8-11-10-14-13-7-5-4-6-12(11)13/h4-10,14H,1-3H3/q+1/b9-8+. The highest BCUT2D eigenvalue weighted by molar-refractivity contribution is 5.88. The van der Waals surface area contributed by atoms with Gasteiger partial charge in [-0.3, -0.25) is 0 Å². The highest BCUT2D eigenvalue weighted by Gasteiger charge is 2.03. The number of benzene rings is 1. The molecule has 0 unspecified atom stereocenters. The summed E-state index contributed by atoms with van der Waals surface area (Å²) in [5, 5.41) is 1.28. The highest BCUT2D eigenvalue weighted by atomic mass is 15.3. The highest BCUT2D eigenvalue weighted by Crippen LogP contribution is 2.19. The summed E-state index contributed by atoms with van der Waals surface area (Å²) in [7, 11) is 6.43. The van der Waals surface area contributed by atoms with Crippen molar-refractivity contribution in [3.63, 3.8) is 0 Å². The number of hydrogen-bond acceptors (Lipinski definition) is 0. The Morgan fingerprint density at radius 3 is 2.60 bits per heavy atom. The van der Waals surface area contributed by atoms with E-state index in [4.69, 9.17) is 0 Å². The smallest absolute Gasteiger partial charge is 0.0958 e. The first-order chi connectivity index (χ1) is 7.06. The summed E-state index contributed by atoms with van der Waals surface area (Å²) in [6.07, 6.45) is 6.39. The monoisotopic (exact) mass is 201 g/mol. The van der Waals surface area contributed by atoms with Gasteiger partial charge in [-0.25, -0.2) is 0 Å². The maximum Gasteiger partial charge on any atom is 0.0958 e. The van der Waals surface area contributed by atoms with Gasteiger partial charge in [0.2, 0.25) is 0 Å². The molecule has 78 valence electrons. The van der Waals surface area contributed by atoms with E-state index in [1.165, 1.54) is 16.5 Å².